The van der Waals surface area contributed by atoms with E-state index in [2.05, 4.69) is 15.9 Å². The van der Waals surface area contributed by atoms with E-state index in [0.717, 1.165) is 0 Å². The van der Waals surface area contributed by atoms with Crippen molar-refractivity contribution in [1.82, 2.24) is 4.90 Å². The maximum atomic E-state index is 13.7. The number of hydrogen-bond acceptors (Lipinski definition) is 2. The molecule has 1 amide bonds. The number of nitrogens with zero attached hydrogens (tertiary/aromatic N) is 1. The molecule has 5 heteroatoms. The van der Waals surface area contributed by atoms with Crippen LogP contribution < -0.4 is 0 Å². The van der Waals surface area contributed by atoms with Crippen molar-refractivity contribution in [2.75, 3.05) is 7.05 Å². The van der Waals surface area contributed by atoms with Crippen LogP contribution in [0.2, 0.25) is 0 Å². The third-order valence-electron chi connectivity index (χ3n) is 3.02. The Kier molecular flexibility index (Phi) is 4.04. The van der Waals surface area contributed by atoms with E-state index >= 15 is 0 Å². The second kappa shape index (κ2) is 5.57. The molecule has 100 valence electrons. The summed E-state index contributed by atoms with van der Waals surface area (Å²) in [5.74, 6) is -0.263. The number of hydrogen-bond donors (Lipinski definition) is 0. The summed E-state index contributed by atoms with van der Waals surface area (Å²) in [4.78, 5) is 13.7. The standard InChI is InChI=1S/C14H13BrFNO2/c1-9(13-4-3-7-19-13)17(2)14(18)11-8-10(15)5-6-12(11)16/h3-9H,1-2H3. The first-order valence-electron chi connectivity index (χ1n) is 5.76. The fourth-order valence-corrected chi connectivity index (χ4v) is 2.11. The molecule has 0 fully saturated rings. The summed E-state index contributed by atoms with van der Waals surface area (Å²) in [6, 6.07) is 7.57. The fourth-order valence-electron chi connectivity index (χ4n) is 1.75. The maximum Gasteiger partial charge on any atom is 0.257 e. The van der Waals surface area contributed by atoms with Crippen LogP contribution in [0, 0.1) is 5.82 Å². The van der Waals surface area contributed by atoms with Crippen molar-refractivity contribution in [2.24, 2.45) is 0 Å². The van der Waals surface area contributed by atoms with Gasteiger partial charge in [0.1, 0.15) is 11.6 Å². The molecule has 0 saturated carbocycles. The summed E-state index contributed by atoms with van der Waals surface area (Å²) >= 11 is 3.23. The van der Waals surface area contributed by atoms with Crippen LogP contribution in [0.1, 0.15) is 29.1 Å². The van der Waals surface area contributed by atoms with Gasteiger partial charge >= 0.3 is 0 Å². The number of amides is 1. The van der Waals surface area contributed by atoms with Crippen molar-refractivity contribution < 1.29 is 13.6 Å². The lowest BCUT2D eigenvalue weighted by molar-refractivity contribution is 0.0721. The molecular formula is C14H13BrFNO2. The zero-order chi connectivity index (χ0) is 14.0. The van der Waals surface area contributed by atoms with Gasteiger partial charge in [0.05, 0.1) is 17.9 Å². The Bertz CT molecular complexity index is 583. The Morgan fingerprint density at radius 2 is 2.16 bits per heavy atom. The molecule has 0 spiro atoms. The highest BCUT2D eigenvalue weighted by Crippen LogP contribution is 2.23. The molecule has 1 unspecified atom stereocenters. The zero-order valence-corrected chi connectivity index (χ0v) is 12.1. The SMILES string of the molecule is CC(c1ccco1)N(C)C(=O)c1cc(Br)ccc1F. The molecule has 0 saturated heterocycles. The van der Waals surface area contributed by atoms with Crippen LogP contribution in [0.3, 0.4) is 0 Å². The minimum atomic E-state index is -0.535. The molecule has 0 aliphatic carbocycles. The average Bonchev–Trinajstić information content (AvgIpc) is 2.93. The van der Waals surface area contributed by atoms with Gasteiger partial charge in [-0.2, -0.15) is 0 Å². The van der Waals surface area contributed by atoms with Gasteiger partial charge in [-0.25, -0.2) is 4.39 Å². The van der Waals surface area contributed by atoms with E-state index in [1.165, 1.54) is 17.0 Å². The minimum Gasteiger partial charge on any atom is -0.467 e. The van der Waals surface area contributed by atoms with Crippen LogP contribution in [0.15, 0.2) is 45.5 Å². The van der Waals surface area contributed by atoms with Crippen LogP contribution in [-0.2, 0) is 0 Å². The summed E-state index contributed by atoms with van der Waals surface area (Å²) in [5.41, 5.74) is 0.0373. The smallest absolute Gasteiger partial charge is 0.257 e. The molecular weight excluding hydrogens is 313 g/mol. The van der Waals surface area contributed by atoms with Gasteiger partial charge in [-0.15, -0.1) is 0 Å². The molecule has 1 aromatic heterocycles. The van der Waals surface area contributed by atoms with Gasteiger partial charge in [-0.05, 0) is 37.3 Å². The van der Waals surface area contributed by atoms with E-state index in [1.54, 1.807) is 31.5 Å². The first kappa shape index (κ1) is 13.8. The van der Waals surface area contributed by atoms with Crippen molar-refractivity contribution in [1.29, 1.82) is 0 Å². The molecule has 19 heavy (non-hydrogen) atoms. The average molecular weight is 326 g/mol. The van der Waals surface area contributed by atoms with Crippen LogP contribution >= 0.6 is 15.9 Å². The van der Waals surface area contributed by atoms with Gasteiger partial charge < -0.3 is 9.32 Å². The van der Waals surface area contributed by atoms with Crippen LogP contribution in [-0.4, -0.2) is 17.9 Å². The normalized spacial score (nSPS) is 12.2. The Labute approximate surface area is 119 Å². The lowest BCUT2D eigenvalue weighted by Gasteiger charge is -2.23. The number of furan rings is 1. The van der Waals surface area contributed by atoms with Crippen LogP contribution in [0.4, 0.5) is 4.39 Å². The Balaban J connectivity index is 2.26. The van der Waals surface area contributed by atoms with Crippen molar-refractivity contribution in [3.8, 4) is 0 Å². The van der Waals surface area contributed by atoms with E-state index in [0.29, 0.717) is 10.2 Å². The van der Waals surface area contributed by atoms with E-state index in [1.807, 2.05) is 6.92 Å². The second-order valence-electron chi connectivity index (χ2n) is 4.23. The summed E-state index contributed by atoms with van der Waals surface area (Å²) in [7, 11) is 1.62. The predicted molar refractivity (Wildman–Crippen MR) is 73.3 cm³/mol. The summed E-state index contributed by atoms with van der Waals surface area (Å²) in [6.07, 6.45) is 1.55. The Morgan fingerprint density at radius 1 is 1.42 bits per heavy atom. The van der Waals surface area contributed by atoms with Crippen LogP contribution in [0.5, 0.6) is 0 Å². The molecule has 2 aromatic rings. The number of benzene rings is 1. The summed E-state index contributed by atoms with van der Waals surface area (Å²) < 4.78 is 19.6. The highest BCUT2D eigenvalue weighted by atomic mass is 79.9. The van der Waals surface area contributed by atoms with Gasteiger partial charge in [-0.3, -0.25) is 4.79 Å². The molecule has 0 aliphatic heterocycles. The maximum absolute atomic E-state index is 13.7. The Hall–Kier alpha value is -1.62. The molecule has 1 atom stereocenters. The zero-order valence-electron chi connectivity index (χ0n) is 10.6. The van der Waals surface area contributed by atoms with Gasteiger partial charge in [0, 0.05) is 11.5 Å². The van der Waals surface area contributed by atoms with Crippen molar-refractivity contribution in [3.63, 3.8) is 0 Å². The largest absolute Gasteiger partial charge is 0.467 e. The van der Waals surface area contributed by atoms with Gasteiger partial charge in [0.25, 0.3) is 5.91 Å². The monoisotopic (exact) mass is 325 g/mol. The highest BCUT2D eigenvalue weighted by molar-refractivity contribution is 9.10. The van der Waals surface area contributed by atoms with Crippen molar-refractivity contribution in [3.05, 3.63) is 58.2 Å². The molecule has 0 bridgehead atoms. The highest BCUT2D eigenvalue weighted by Gasteiger charge is 2.23. The molecule has 2 rings (SSSR count). The van der Waals surface area contributed by atoms with E-state index in [-0.39, 0.29) is 17.5 Å². The third kappa shape index (κ3) is 2.87. The third-order valence-corrected chi connectivity index (χ3v) is 3.51. The molecule has 3 nitrogen and oxygen atoms in total. The van der Waals surface area contributed by atoms with Crippen molar-refractivity contribution in [2.45, 2.75) is 13.0 Å². The first-order chi connectivity index (χ1) is 9.00. The van der Waals surface area contributed by atoms with Gasteiger partial charge in [0.15, 0.2) is 0 Å². The summed E-state index contributed by atoms with van der Waals surface area (Å²) in [5, 5.41) is 0. The number of rotatable bonds is 3. The lowest BCUT2D eigenvalue weighted by atomic mass is 10.1. The van der Waals surface area contributed by atoms with Gasteiger partial charge in [-0.1, -0.05) is 15.9 Å². The number of carbonyl (C=O) groups is 1. The number of carbonyl (C=O) groups excluding carboxylic acids is 1. The van der Waals surface area contributed by atoms with E-state index in [4.69, 9.17) is 4.42 Å². The molecule has 0 N–H and O–H groups in total. The molecule has 1 heterocycles. The lowest BCUT2D eigenvalue weighted by Crippen LogP contribution is -2.30. The number of halogens is 2. The first-order valence-corrected chi connectivity index (χ1v) is 6.55. The molecule has 1 aromatic carbocycles. The minimum absolute atomic E-state index is 0.0373. The van der Waals surface area contributed by atoms with E-state index in [9.17, 15) is 9.18 Å². The van der Waals surface area contributed by atoms with Crippen LogP contribution in [0.25, 0.3) is 0 Å². The summed E-state index contributed by atoms with van der Waals surface area (Å²) in [6.45, 7) is 1.83. The second-order valence-corrected chi connectivity index (χ2v) is 5.15. The Morgan fingerprint density at radius 3 is 2.79 bits per heavy atom. The van der Waals surface area contributed by atoms with Gasteiger partial charge in [0.2, 0.25) is 0 Å². The van der Waals surface area contributed by atoms with E-state index < -0.39 is 5.82 Å². The topological polar surface area (TPSA) is 33.5 Å². The molecule has 0 aliphatic rings. The van der Waals surface area contributed by atoms with Crippen molar-refractivity contribution >= 4 is 21.8 Å². The predicted octanol–water partition coefficient (Wildman–Crippen LogP) is 4.01. The molecule has 0 radical (unpaired) electrons. The fraction of sp³-hybridized carbons (Fsp3) is 0.214. The quantitative estimate of drug-likeness (QED) is 0.854.